The maximum atomic E-state index is 5.30. The molecule has 2 aromatic heterocycles. The van der Waals surface area contributed by atoms with Crippen molar-refractivity contribution in [3.63, 3.8) is 0 Å². The summed E-state index contributed by atoms with van der Waals surface area (Å²) in [7, 11) is 0. The third kappa shape index (κ3) is 4.75. The summed E-state index contributed by atoms with van der Waals surface area (Å²) in [5.41, 5.74) is 14.7. The Balaban J connectivity index is 1.07. The predicted octanol–water partition coefficient (Wildman–Crippen LogP) is 11.6. The second-order valence-corrected chi connectivity index (χ2v) is 15.5. The van der Waals surface area contributed by atoms with Crippen LogP contribution in [0.15, 0.2) is 156 Å². The third-order valence-corrected chi connectivity index (χ3v) is 12.4. The summed E-state index contributed by atoms with van der Waals surface area (Å²) in [5, 5.41) is 1.32. The van der Waals surface area contributed by atoms with Gasteiger partial charge in [-0.25, -0.2) is 0 Å². The molecular weight excluding hydrogens is 631 g/mol. The van der Waals surface area contributed by atoms with Crippen LogP contribution in [0.25, 0.3) is 34.8 Å². The first-order valence-corrected chi connectivity index (χ1v) is 18.9. The largest absolute Gasteiger partial charge is 0.313 e. The van der Waals surface area contributed by atoms with E-state index in [1.165, 1.54) is 67.1 Å². The molecule has 0 N–H and O–H groups in total. The highest BCUT2D eigenvalue weighted by Crippen LogP contribution is 2.52. The zero-order valence-electron chi connectivity index (χ0n) is 29.9. The second kappa shape index (κ2) is 12.0. The molecule has 0 saturated carbocycles. The number of rotatable bonds is 6. The fourth-order valence-corrected chi connectivity index (χ4v) is 9.65. The van der Waals surface area contributed by atoms with Crippen LogP contribution in [0.4, 0.5) is 0 Å². The molecule has 4 atom stereocenters. The number of allylic oxidation sites excluding steroid dienone is 10. The Kier molecular flexibility index (Phi) is 7.15. The molecule has 52 heavy (non-hydrogen) atoms. The van der Waals surface area contributed by atoms with Gasteiger partial charge in [0.1, 0.15) is 0 Å². The molecule has 5 aliphatic rings. The van der Waals surface area contributed by atoms with Crippen molar-refractivity contribution >= 4 is 35.5 Å². The van der Waals surface area contributed by atoms with E-state index in [1.807, 2.05) is 0 Å². The average Bonchev–Trinajstić information content (AvgIpc) is 3.91. The van der Waals surface area contributed by atoms with Gasteiger partial charge in [0.05, 0.1) is 29.3 Å². The minimum absolute atomic E-state index is 0.00707. The fraction of sp³-hybridized carbons (Fsp3) is 0.204. The van der Waals surface area contributed by atoms with Crippen LogP contribution in [-0.2, 0) is 18.3 Å². The second-order valence-electron chi connectivity index (χ2n) is 15.5. The summed E-state index contributed by atoms with van der Waals surface area (Å²) in [6.07, 6.45) is 34.2. The van der Waals surface area contributed by atoms with Crippen molar-refractivity contribution in [1.29, 1.82) is 0 Å². The molecule has 254 valence electrons. The monoisotopic (exact) mass is 673 g/mol. The lowest BCUT2D eigenvalue weighted by Gasteiger charge is -2.38. The lowest BCUT2D eigenvalue weighted by atomic mass is 9.64. The Hall–Kier alpha value is -5.67. The molecule has 0 bridgehead atoms. The van der Waals surface area contributed by atoms with Gasteiger partial charge >= 0.3 is 0 Å². The quantitative estimate of drug-likeness (QED) is 0.126. The summed E-state index contributed by atoms with van der Waals surface area (Å²) in [4.78, 5) is 5.30. The molecule has 10 rings (SSSR count). The standard InChI is InChI=1S/C49H43N3/c1-48(37-25-26-44-40(31-37)46-45(52(44)38-20-7-4-8-21-38)27-24-36-19-13-14-29-49(36,46)2)30-28-43-41(32-48)39-22-11-12-23-42(39)51(43)33-50-47(35-17-9-10-18-35)34-15-5-3-6-16-34/h3-17,19-24,27-31,33,36,47H,18,25-26,32H2,1-2H3/b50-33+. The lowest BCUT2D eigenvalue weighted by molar-refractivity contribution is 0.484. The van der Waals surface area contributed by atoms with Gasteiger partial charge in [0.15, 0.2) is 0 Å². The van der Waals surface area contributed by atoms with Crippen molar-refractivity contribution in [3.05, 3.63) is 190 Å². The summed E-state index contributed by atoms with van der Waals surface area (Å²) < 4.78 is 4.88. The van der Waals surface area contributed by atoms with Gasteiger partial charge < -0.3 is 9.13 Å². The number of hydrogen-bond donors (Lipinski definition) is 0. The van der Waals surface area contributed by atoms with E-state index >= 15 is 0 Å². The van der Waals surface area contributed by atoms with E-state index in [0.29, 0.717) is 5.92 Å². The van der Waals surface area contributed by atoms with Gasteiger partial charge in [-0.05, 0) is 78.3 Å². The number of para-hydroxylation sites is 2. The Morgan fingerprint density at radius 2 is 1.62 bits per heavy atom. The van der Waals surface area contributed by atoms with Crippen LogP contribution in [0.2, 0.25) is 0 Å². The molecule has 3 heteroatoms. The molecule has 4 unspecified atom stereocenters. The summed E-state index contributed by atoms with van der Waals surface area (Å²) in [6.45, 7) is 4.90. The van der Waals surface area contributed by atoms with Crippen LogP contribution in [0.1, 0.15) is 72.1 Å². The average molecular weight is 674 g/mol. The van der Waals surface area contributed by atoms with Crippen LogP contribution in [0.5, 0.6) is 0 Å². The highest BCUT2D eigenvalue weighted by atomic mass is 15.0. The highest BCUT2D eigenvalue weighted by molar-refractivity contribution is 5.95. The number of hydrogen-bond acceptors (Lipinski definition) is 1. The van der Waals surface area contributed by atoms with Crippen molar-refractivity contribution in [2.75, 3.05) is 0 Å². The summed E-state index contributed by atoms with van der Waals surface area (Å²) in [5.74, 6) is 0.350. The van der Waals surface area contributed by atoms with E-state index in [4.69, 9.17) is 4.99 Å². The van der Waals surface area contributed by atoms with E-state index in [2.05, 4.69) is 187 Å². The number of fused-ring (bicyclic) bond motifs is 8. The van der Waals surface area contributed by atoms with Gasteiger partial charge in [-0.1, -0.05) is 147 Å². The minimum Gasteiger partial charge on any atom is -0.313 e. The molecule has 0 amide bonds. The first-order valence-electron chi connectivity index (χ1n) is 18.9. The third-order valence-electron chi connectivity index (χ3n) is 12.4. The van der Waals surface area contributed by atoms with Gasteiger partial charge in [0.2, 0.25) is 0 Å². The Labute approximate surface area is 306 Å². The van der Waals surface area contributed by atoms with Crippen molar-refractivity contribution in [2.45, 2.75) is 51.0 Å². The molecule has 5 aliphatic carbocycles. The lowest BCUT2D eigenvalue weighted by Crippen LogP contribution is -2.32. The minimum atomic E-state index is -0.0987. The zero-order chi connectivity index (χ0) is 34.9. The van der Waals surface area contributed by atoms with E-state index in [0.717, 1.165) is 25.7 Å². The highest BCUT2D eigenvalue weighted by Gasteiger charge is 2.43. The van der Waals surface area contributed by atoms with E-state index < -0.39 is 0 Å². The van der Waals surface area contributed by atoms with Gasteiger partial charge in [-0.15, -0.1) is 0 Å². The van der Waals surface area contributed by atoms with Gasteiger partial charge in [-0.2, -0.15) is 0 Å². The smallest absolute Gasteiger partial charge is 0.0983 e. The molecule has 2 heterocycles. The molecule has 0 radical (unpaired) electrons. The maximum absolute atomic E-state index is 5.30. The molecule has 0 aliphatic heterocycles. The van der Waals surface area contributed by atoms with E-state index in [-0.39, 0.29) is 16.9 Å². The Morgan fingerprint density at radius 1 is 0.808 bits per heavy atom. The fourth-order valence-electron chi connectivity index (χ4n) is 9.65. The van der Waals surface area contributed by atoms with Gasteiger partial charge in [0.25, 0.3) is 0 Å². The van der Waals surface area contributed by atoms with Crippen LogP contribution in [-0.4, -0.2) is 15.5 Å². The van der Waals surface area contributed by atoms with E-state index in [9.17, 15) is 0 Å². The van der Waals surface area contributed by atoms with Crippen LogP contribution in [0.3, 0.4) is 0 Å². The van der Waals surface area contributed by atoms with Gasteiger partial charge in [-0.3, -0.25) is 4.99 Å². The molecule has 0 spiro atoms. The topological polar surface area (TPSA) is 22.2 Å². The van der Waals surface area contributed by atoms with E-state index in [1.54, 1.807) is 0 Å². The molecule has 0 fully saturated rings. The van der Waals surface area contributed by atoms with Crippen molar-refractivity contribution in [2.24, 2.45) is 16.3 Å². The summed E-state index contributed by atoms with van der Waals surface area (Å²) >= 11 is 0. The molecule has 3 aromatic carbocycles. The number of benzene rings is 3. The van der Waals surface area contributed by atoms with Crippen molar-refractivity contribution in [3.8, 4) is 5.69 Å². The SMILES string of the molecule is CC1(C2=Cc3c4c(n(-c5ccccc5)c3CC2)C=CC2C=CC=CC42C)C=Cc2c(c3ccccc3n2/C=N/C(C2=CC=CC2)c2ccccc2)C1. The first-order chi connectivity index (χ1) is 25.5. The molecule has 3 nitrogen and oxygen atoms in total. The first kappa shape index (κ1) is 31.1. The molecule has 5 aromatic rings. The predicted molar refractivity (Wildman–Crippen MR) is 218 cm³/mol. The maximum Gasteiger partial charge on any atom is 0.0983 e. The zero-order valence-corrected chi connectivity index (χ0v) is 29.9. The normalized spacial score (nSPS) is 24.5. The van der Waals surface area contributed by atoms with Crippen LogP contribution >= 0.6 is 0 Å². The van der Waals surface area contributed by atoms with Gasteiger partial charge in [0, 0.05) is 39.1 Å². The van der Waals surface area contributed by atoms with Crippen molar-refractivity contribution < 1.29 is 0 Å². The number of aromatic nitrogens is 2. The van der Waals surface area contributed by atoms with Crippen LogP contribution in [0, 0.1) is 11.3 Å². The molecular formula is C49H43N3. The van der Waals surface area contributed by atoms with Crippen LogP contribution < -0.4 is 0 Å². The van der Waals surface area contributed by atoms with Crippen molar-refractivity contribution in [1.82, 2.24) is 9.13 Å². The molecule has 0 saturated heterocycles. The number of nitrogens with zero attached hydrogens (tertiary/aromatic N) is 3. The number of aliphatic imine (C=N–C) groups is 1. The Bertz CT molecular complexity index is 2490. The Morgan fingerprint density at radius 3 is 2.44 bits per heavy atom. The summed E-state index contributed by atoms with van der Waals surface area (Å²) in [6, 6.07) is 30.5.